The van der Waals surface area contributed by atoms with Crippen LogP contribution in [-0.2, 0) is 0 Å². The molecule has 0 N–H and O–H groups in total. The second kappa shape index (κ2) is 5.86. The van der Waals surface area contributed by atoms with Gasteiger partial charge in [-0.3, -0.25) is 4.79 Å². The summed E-state index contributed by atoms with van der Waals surface area (Å²) < 4.78 is 7.23. The Labute approximate surface area is 147 Å². The number of anilines is 1. The molecule has 0 aliphatic carbocycles. The molecule has 4 rings (SSSR count). The minimum atomic E-state index is -0.143. The largest absolute Gasteiger partial charge is 0.497 e. The summed E-state index contributed by atoms with van der Waals surface area (Å²) in [4.78, 5) is 20.3. The first-order valence-electron chi connectivity index (χ1n) is 7.71. The molecule has 126 valence electrons. The third kappa shape index (κ3) is 2.44. The lowest BCUT2D eigenvalue weighted by atomic mass is 10.2. The Morgan fingerprint density at radius 2 is 1.92 bits per heavy atom. The highest BCUT2D eigenvalue weighted by molar-refractivity contribution is 7.25. The number of aromatic nitrogens is 3. The van der Waals surface area contributed by atoms with Crippen molar-refractivity contribution >= 4 is 37.3 Å². The summed E-state index contributed by atoms with van der Waals surface area (Å²) in [5.41, 5.74) is 1.58. The molecule has 4 aromatic rings. The van der Waals surface area contributed by atoms with Crippen LogP contribution in [0.4, 0.5) is 5.69 Å². The highest BCUT2D eigenvalue weighted by Gasteiger charge is 2.16. The van der Waals surface area contributed by atoms with Crippen LogP contribution in [0.2, 0.25) is 0 Å². The van der Waals surface area contributed by atoms with E-state index in [-0.39, 0.29) is 5.56 Å². The Morgan fingerprint density at radius 1 is 1.16 bits per heavy atom. The molecule has 0 fully saturated rings. The number of fused-ring (bicyclic) bond motifs is 3. The summed E-state index contributed by atoms with van der Waals surface area (Å²) in [5, 5.41) is 6.19. The third-order valence-corrected chi connectivity index (χ3v) is 5.20. The van der Waals surface area contributed by atoms with E-state index in [2.05, 4.69) is 10.1 Å². The zero-order valence-electron chi connectivity index (χ0n) is 14.1. The van der Waals surface area contributed by atoms with E-state index in [0.29, 0.717) is 10.4 Å². The lowest BCUT2D eigenvalue weighted by molar-refractivity contribution is 0.414. The molecule has 0 amide bonds. The van der Waals surface area contributed by atoms with E-state index in [1.807, 2.05) is 49.3 Å². The predicted molar refractivity (Wildman–Crippen MR) is 101 cm³/mol. The minimum Gasteiger partial charge on any atom is -0.497 e. The number of rotatable bonds is 3. The van der Waals surface area contributed by atoms with Crippen molar-refractivity contribution < 1.29 is 4.74 Å². The molecule has 25 heavy (non-hydrogen) atoms. The summed E-state index contributed by atoms with van der Waals surface area (Å²) >= 11 is 1.40. The van der Waals surface area contributed by atoms with Gasteiger partial charge in [0.15, 0.2) is 0 Å². The lowest BCUT2D eigenvalue weighted by Gasteiger charge is -2.13. The van der Waals surface area contributed by atoms with Crippen LogP contribution in [0.25, 0.3) is 26.0 Å². The van der Waals surface area contributed by atoms with Gasteiger partial charge in [0.05, 0.1) is 19.0 Å². The molecule has 0 saturated carbocycles. The van der Waals surface area contributed by atoms with E-state index < -0.39 is 0 Å². The van der Waals surface area contributed by atoms with Crippen LogP contribution in [0.15, 0.2) is 47.5 Å². The van der Waals surface area contributed by atoms with Crippen LogP contribution in [0.3, 0.4) is 0 Å². The van der Waals surface area contributed by atoms with E-state index in [0.717, 1.165) is 27.0 Å². The number of hydrogen-bond donors (Lipinski definition) is 0. The summed E-state index contributed by atoms with van der Waals surface area (Å²) in [7, 11) is 5.56. The second-order valence-corrected chi connectivity index (χ2v) is 6.81. The maximum atomic E-state index is 13.0. The van der Waals surface area contributed by atoms with Crippen LogP contribution >= 0.6 is 11.3 Å². The van der Waals surface area contributed by atoms with E-state index in [1.54, 1.807) is 19.5 Å². The lowest BCUT2D eigenvalue weighted by Crippen LogP contribution is -2.19. The van der Waals surface area contributed by atoms with Gasteiger partial charge in [-0.05, 0) is 30.3 Å². The van der Waals surface area contributed by atoms with Crippen LogP contribution in [-0.4, -0.2) is 36.0 Å². The van der Waals surface area contributed by atoms with Crippen LogP contribution in [0.1, 0.15) is 0 Å². The van der Waals surface area contributed by atoms with Gasteiger partial charge < -0.3 is 9.64 Å². The Balaban J connectivity index is 1.98. The normalized spacial score (nSPS) is 11.2. The highest BCUT2D eigenvalue weighted by Crippen LogP contribution is 2.35. The Hall–Kier alpha value is -2.93. The topological polar surface area (TPSA) is 60.2 Å². The number of ether oxygens (including phenoxy) is 1. The molecule has 0 saturated heterocycles. The molecule has 0 radical (unpaired) electrons. The van der Waals surface area contributed by atoms with Gasteiger partial charge >= 0.3 is 0 Å². The zero-order chi connectivity index (χ0) is 17.6. The Morgan fingerprint density at radius 3 is 2.60 bits per heavy atom. The van der Waals surface area contributed by atoms with Gasteiger partial charge in [0, 0.05) is 36.8 Å². The maximum absolute atomic E-state index is 13.0. The molecular weight excluding hydrogens is 336 g/mol. The molecule has 0 bridgehead atoms. The quantitative estimate of drug-likeness (QED) is 0.567. The van der Waals surface area contributed by atoms with Crippen LogP contribution in [0.5, 0.6) is 5.75 Å². The highest BCUT2D eigenvalue weighted by atomic mass is 32.1. The number of benzene rings is 1. The number of hydrogen-bond acceptors (Lipinski definition) is 6. The standard InChI is InChI=1S/C18H16N4O2S/c1-21(2)14-8-9-19-17-15(14)13-10-20-22(18(23)16(13)25-17)11-4-6-12(24-3)7-5-11/h4-10H,1-3H3. The number of thiophene rings is 1. The molecule has 7 heteroatoms. The average Bonchev–Trinajstić information content (AvgIpc) is 3.02. The fourth-order valence-electron chi connectivity index (χ4n) is 2.85. The van der Waals surface area contributed by atoms with Crippen molar-refractivity contribution in [1.82, 2.24) is 14.8 Å². The van der Waals surface area contributed by atoms with Crippen molar-refractivity contribution in [3.63, 3.8) is 0 Å². The van der Waals surface area contributed by atoms with Crippen LogP contribution < -0.4 is 15.2 Å². The average molecular weight is 352 g/mol. The predicted octanol–water partition coefficient (Wildman–Crippen LogP) is 3.07. The molecule has 0 aliphatic rings. The maximum Gasteiger partial charge on any atom is 0.289 e. The van der Waals surface area contributed by atoms with Gasteiger partial charge in [-0.1, -0.05) is 0 Å². The van der Waals surface area contributed by atoms with Crippen molar-refractivity contribution in [3.05, 3.63) is 53.1 Å². The van der Waals surface area contributed by atoms with Crippen molar-refractivity contribution in [1.29, 1.82) is 0 Å². The van der Waals surface area contributed by atoms with Gasteiger partial charge in [0.1, 0.15) is 15.3 Å². The SMILES string of the molecule is COc1ccc(-n2ncc3c(sc4nccc(N(C)C)c43)c2=O)cc1. The Kier molecular flexibility index (Phi) is 3.65. The van der Waals surface area contributed by atoms with Crippen molar-refractivity contribution in [2.24, 2.45) is 0 Å². The molecule has 1 aromatic carbocycles. The van der Waals surface area contributed by atoms with E-state index in [9.17, 15) is 4.79 Å². The van der Waals surface area contributed by atoms with Crippen molar-refractivity contribution in [3.8, 4) is 11.4 Å². The number of methoxy groups -OCH3 is 1. The van der Waals surface area contributed by atoms with Gasteiger partial charge in [0.2, 0.25) is 0 Å². The van der Waals surface area contributed by atoms with Crippen LogP contribution in [0, 0.1) is 0 Å². The third-order valence-electron chi connectivity index (χ3n) is 4.09. The van der Waals surface area contributed by atoms with Crippen molar-refractivity contribution in [2.75, 3.05) is 26.1 Å². The molecule has 0 aliphatic heterocycles. The molecule has 3 heterocycles. The molecule has 0 spiro atoms. The van der Waals surface area contributed by atoms with Crippen molar-refractivity contribution in [2.45, 2.75) is 0 Å². The minimum absolute atomic E-state index is 0.143. The first kappa shape index (κ1) is 15.6. The van der Waals surface area contributed by atoms with Gasteiger partial charge in [-0.15, -0.1) is 11.3 Å². The first-order chi connectivity index (χ1) is 12.1. The summed E-state index contributed by atoms with van der Waals surface area (Å²) in [6.07, 6.45) is 3.51. The molecule has 3 aromatic heterocycles. The van der Waals surface area contributed by atoms with Gasteiger partial charge in [0.25, 0.3) is 5.56 Å². The summed E-state index contributed by atoms with van der Waals surface area (Å²) in [6.45, 7) is 0. The fourth-order valence-corrected chi connectivity index (χ4v) is 3.92. The number of nitrogens with zero attached hydrogens (tertiary/aromatic N) is 4. The second-order valence-electron chi connectivity index (χ2n) is 5.81. The molecule has 0 unspecified atom stereocenters. The van der Waals surface area contributed by atoms with E-state index in [4.69, 9.17) is 4.74 Å². The van der Waals surface area contributed by atoms with E-state index >= 15 is 0 Å². The van der Waals surface area contributed by atoms with E-state index in [1.165, 1.54) is 16.0 Å². The Bertz CT molecular complexity index is 1130. The zero-order valence-corrected chi connectivity index (χ0v) is 14.9. The van der Waals surface area contributed by atoms with Gasteiger partial charge in [-0.2, -0.15) is 9.78 Å². The van der Waals surface area contributed by atoms with Gasteiger partial charge in [-0.25, -0.2) is 4.98 Å². The molecular formula is C18H16N4O2S. The molecule has 0 atom stereocenters. The molecule has 6 nitrogen and oxygen atoms in total. The smallest absolute Gasteiger partial charge is 0.289 e. The summed E-state index contributed by atoms with van der Waals surface area (Å²) in [5.74, 6) is 0.736. The fraction of sp³-hybridized carbons (Fsp3) is 0.167. The number of pyridine rings is 1. The monoisotopic (exact) mass is 352 g/mol. The summed E-state index contributed by atoms with van der Waals surface area (Å²) in [6, 6.07) is 9.20. The first-order valence-corrected chi connectivity index (χ1v) is 8.53.